The van der Waals surface area contributed by atoms with Crippen LogP contribution in [-0.2, 0) is 32.1 Å². The van der Waals surface area contributed by atoms with Crippen LogP contribution in [0, 0.1) is 29.6 Å². The number of nitrogens with zero attached hydrogens (tertiary/aromatic N) is 2. The second kappa shape index (κ2) is 10.3. The van der Waals surface area contributed by atoms with Gasteiger partial charge < -0.3 is 15.9 Å². The third-order valence-corrected chi connectivity index (χ3v) is 9.55. The third kappa shape index (κ3) is 4.38. The quantitative estimate of drug-likeness (QED) is 0.378. The number of carbonyl (C=O) groups excluding carboxylic acids is 5. The predicted octanol–water partition coefficient (Wildman–Crippen LogP) is 0.702. The van der Waals surface area contributed by atoms with Gasteiger partial charge in [-0.05, 0) is 68.8 Å². The van der Waals surface area contributed by atoms with Gasteiger partial charge in [0.25, 0.3) is 0 Å². The zero-order chi connectivity index (χ0) is 29.3. The summed E-state index contributed by atoms with van der Waals surface area (Å²) in [6.07, 6.45) is 2.17. The normalized spacial score (nSPS) is 31.8. The van der Waals surface area contributed by atoms with Crippen molar-refractivity contribution in [2.75, 3.05) is 33.9 Å². The number of benzene rings is 1. The number of ketones is 4. The van der Waals surface area contributed by atoms with E-state index in [0.29, 0.717) is 23.6 Å². The number of hydrogen-bond acceptors (Lipinski definition) is 9. The third-order valence-electron chi connectivity index (χ3n) is 9.08. The molecule has 0 bridgehead atoms. The zero-order valence-electron chi connectivity index (χ0n) is 22.4. The molecule has 216 valence electrons. The Labute approximate surface area is 235 Å². The summed E-state index contributed by atoms with van der Waals surface area (Å²) in [4.78, 5) is 69.5. The minimum atomic E-state index is -2.77. The van der Waals surface area contributed by atoms with Crippen LogP contribution in [0.3, 0.4) is 0 Å². The Bertz CT molecular complexity index is 1320. The monoisotopic (exact) mass is 577 g/mol. The van der Waals surface area contributed by atoms with Gasteiger partial charge in [0.1, 0.15) is 12.4 Å². The maximum Gasteiger partial charge on any atom is 0.235 e. The van der Waals surface area contributed by atoms with Crippen molar-refractivity contribution in [3.8, 4) is 5.75 Å². The number of likely N-dealkylation sites (N-methyl/N-ethyl adjacent to an activating group) is 1. The zero-order valence-corrected chi connectivity index (χ0v) is 23.1. The van der Waals surface area contributed by atoms with Crippen LogP contribution in [0.4, 0.5) is 4.39 Å². The Hall–Kier alpha value is -2.73. The summed E-state index contributed by atoms with van der Waals surface area (Å²) in [5.74, 6) is -10.6. The van der Waals surface area contributed by atoms with Crippen molar-refractivity contribution in [1.29, 1.82) is 0 Å². The molecule has 12 heteroatoms. The van der Waals surface area contributed by atoms with Crippen LogP contribution in [0.1, 0.15) is 40.7 Å². The fraction of sp³-hybridized carbons (Fsp3) is 0.607. The largest absolute Gasteiger partial charge is 0.507 e. The lowest BCUT2D eigenvalue weighted by Crippen LogP contribution is -2.74. The summed E-state index contributed by atoms with van der Waals surface area (Å²) in [7, 11) is 3.06. The molecule has 1 aromatic carbocycles. The van der Waals surface area contributed by atoms with Crippen LogP contribution in [-0.4, -0.2) is 94.6 Å². The van der Waals surface area contributed by atoms with Crippen molar-refractivity contribution in [3.63, 3.8) is 0 Å². The highest BCUT2D eigenvalue weighted by Crippen LogP contribution is 2.52. The number of halogens is 2. The molecule has 5 rings (SSSR count). The number of alkyl halides is 1. The number of rotatable bonds is 8. The van der Waals surface area contributed by atoms with Gasteiger partial charge in [-0.2, -0.15) is 0 Å². The first-order valence-electron chi connectivity index (χ1n) is 13.5. The van der Waals surface area contributed by atoms with Crippen molar-refractivity contribution >= 4 is 40.6 Å². The molecule has 0 aromatic heterocycles. The Morgan fingerprint density at radius 3 is 2.45 bits per heavy atom. The van der Waals surface area contributed by atoms with E-state index in [0.717, 1.165) is 12.8 Å². The summed E-state index contributed by atoms with van der Waals surface area (Å²) < 4.78 is 13.2. The number of aliphatic hydroxyl groups is 1. The first-order valence-corrected chi connectivity index (χ1v) is 13.9. The molecular weight excluding hydrogens is 545 g/mol. The molecule has 3 fully saturated rings. The summed E-state index contributed by atoms with van der Waals surface area (Å²) in [5, 5.41) is 22.8. The second-order valence-corrected chi connectivity index (χ2v) is 12.3. The standard InChI is InChI=1S/C28H33ClFN3O7/c1-32(2)22-16-8-13-7-15-19(17(34)9-14(21(15)29)11-33(6-5-30)10-12-3-4-12)23(35)18(13)25(37)28(16,40)26(38)20(24(22)36)27(31)39/h9,12-13,16,18,20,22,34,40H,3-8,10-11H2,1-2H3,(H2,31,39)/t13-,16-,18?,20?,22-,28?/m0/s1. The lowest BCUT2D eigenvalue weighted by atomic mass is 9.52. The lowest BCUT2D eigenvalue weighted by Gasteiger charge is -2.52. The van der Waals surface area contributed by atoms with Crippen molar-refractivity contribution in [2.24, 2.45) is 35.3 Å². The minimum Gasteiger partial charge on any atom is -0.507 e. The topological polar surface area (TPSA) is 158 Å². The Kier molecular flexibility index (Phi) is 7.39. The van der Waals surface area contributed by atoms with Crippen LogP contribution < -0.4 is 5.73 Å². The molecule has 4 aliphatic rings. The number of fused-ring (bicyclic) bond motifs is 3. The van der Waals surface area contributed by atoms with Crippen molar-refractivity contribution < 1.29 is 38.6 Å². The number of phenols is 1. The minimum absolute atomic E-state index is 0.0547. The Morgan fingerprint density at radius 2 is 1.88 bits per heavy atom. The van der Waals surface area contributed by atoms with Crippen LogP contribution >= 0.6 is 11.6 Å². The average molecular weight is 578 g/mol. The molecule has 4 N–H and O–H groups in total. The predicted molar refractivity (Wildman–Crippen MR) is 140 cm³/mol. The smallest absolute Gasteiger partial charge is 0.235 e. The summed E-state index contributed by atoms with van der Waals surface area (Å²) in [6.45, 7) is 0.612. The maximum absolute atomic E-state index is 13.8. The van der Waals surface area contributed by atoms with Gasteiger partial charge in [-0.1, -0.05) is 11.6 Å². The van der Waals surface area contributed by atoms with E-state index in [1.54, 1.807) is 0 Å². The van der Waals surface area contributed by atoms with Crippen LogP contribution in [0.15, 0.2) is 6.07 Å². The molecule has 0 heterocycles. The summed E-state index contributed by atoms with van der Waals surface area (Å²) >= 11 is 6.79. The van der Waals surface area contributed by atoms with E-state index >= 15 is 0 Å². The van der Waals surface area contributed by atoms with E-state index in [9.17, 15) is 38.6 Å². The van der Waals surface area contributed by atoms with Gasteiger partial charge in [-0.25, -0.2) is 4.39 Å². The van der Waals surface area contributed by atoms with E-state index in [2.05, 4.69) is 0 Å². The number of amides is 1. The molecule has 3 saturated carbocycles. The summed E-state index contributed by atoms with van der Waals surface area (Å²) in [6, 6.07) is 0.173. The van der Waals surface area contributed by atoms with Gasteiger partial charge in [-0.3, -0.25) is 33.8 Å². The lowest BCUT2D eigenvalue weighted by molar-refractivity contribution is -0.181. The molecule has 1 amide bonds. The number of hydrogen-bond donors (Lipinski definition) is 3. The van der Waals surface area contributed by atoms with Crippen LogP contribution in [0.5, 0.6) is 5.75 Å². The Morgan fingerprint density at radius 1 is 1.20 bits per heavy atom. The number of primary amides is 1. The van der Waals surface area contributed by atoms with Gasteiger partial charge in [0.2, 0.25) is 5.91 Å². The van der Waals surface area contributed by atoms with Gasteiger partial charge in [0.05, 0.1) is 17.5 Å². The average Bonchev–Trinajstić information content (AvgIpc) is 3.68. The molecular formula is C28H33ClFN3O7. The fourth-order valence-corrected chi connectivity index (χ4v) is 7.37. The van der Waals surface area contributed by atoms with Crippen molar-refractivity contribution in [2.45, 2.75) is 43.9 Å². The van der Waals surface area contributed by atoms with Gasteiger partial charge in [-0.15, -0.1) is 0 Å². The maximum atomic E-state index is 13.8. The van der Waals surface area contributed by atoms with E-state index in [-0.39, 0.29) is 36.5 Å². The highest BCUT2D eigenvalue weighted by atomic mass is 35.5. The van der Waals surface area contributed by atoms with E-state index < -0.39 is 76.8 Å². The molecule has 4 aliphatic carbocycles. The number of aromatic hydroxyl groups is 1. The van der Waals surface area contributed by atoms with Crippen molar-refractivity contribution in [1.82, 2.24) is 9.80 Å². The van der Waals surface area contributed by atoms with Crippen LogP contribution in [0.2, 0.25) is 5.02 Å². The first kappa shape index (κ1) is 28.8. The molecule has 40 heavy (non-hydrogen) atoms. The van der Waals surface area contributed by atoms with Gasteiger partial charge in [0.15, 0.2) is 34.7 Å². The molecule has 10 nitrogen and oxygen atoms in total. The summed E-state index contributed by atoms with van der Waals surface area (Å²) in [5.41, 5.74) is 3.28. The Balaban J connectivity index is 1.54. The molecule has 0 aliphatic heterocycles. The molecule has 0 saturated heterocycles. The number of Topliss-reactive ketones (excluding diaryl/α,β-unsaturated/α-hetero) is 4. The van der Waals surface area contributed by atoms with Gasteiger partial charge >= 0.3 is 0 Å². The van der Waals surface area contributed by atoms with Crippen molar-refractivity contribution in [3.05, 3.63) is 27.8 Å². The molecule has 3 unspecified atom stereocenters. The van der Waals surface area contributed by atoms with Crippen LogP contribution in [0.25, 0.3) is 0 Å². The molecule has 1 aromatic rings. The van der Waals surface area contributed by atoms with E-state index in [1.807, 2.05) is 4.90 Å². The first-order chi connectivity index (χ1) is 18.8. The second-order valence-electron chi connectivity index (χ2n) is 11.9. The molecule has 0 spiro atoms. The fourth-order valence-electron chi connectivity index (χ4n) is 7.08. The van der Waals surface area contributed by atoms with Gasteiger partial charge in [0, 0.05) is 30.6 Å². The number of nitrogens with two attached hydrogens (primary N) is 1. The number of phenolic OH excluding ortho intramolecular Hbond substituents is 1. The van der Waals surface area contributed by atoms with E-state index in [1.165, 1.54) is 25.1 Å². The molecule has 6 atom stereocenters. The molecule has 0 radical (unpaired) electrons. The highest BCUT2D eigenvalue weighted by molar-refractivity contribution is 6.34. The number of carbonyl (C=O) groups is 5. The SMILES string of the molecule is CN(C)[C@@H]1C(=O)C(C(N)=O)C(=O)C2(O)C(=O)C3C(=O)c4c(O)cc(CN(CCF)CC5CC5)c(Cl)c4C[C@H]3C[C@@H]12. The highest BCUT2D eigenvalue weighted by Gasteiger charge is 2.69. The van der Waals surface area contributed by atoms with E-state index in [4.69, 9.17) is 17.3 Å².